The molecule has 2 aromatic carbocycles. The summed E-state index contributed by atoms with van der Waals surface area (Å²) in [6, 6.07) is 17.1. The number of Topliss-reactive ketones (excluding diaryl/α,β-unsaturated/α-hetero) is 1. The zero-order valence-electron chi connectivity index (χ0n) is 14.0. The van der Waals surface area contributed by atoms with Gasteiger partial charge in [0, 0.05) is 55.3 Å². The number of ketones is 1. The quantitative estimate of drug-likeness (QED) is 0.768. The number of halogens is 1. The van der Waals surface area contributed by atoms with Gasteiger partial charge in [0.25, 0.3) is 0 Å². The van der Waals surface area contributed by atoms with Crippen LogP contribution in [-0.2, 0) is 4.79 Å². The molecule has 2 aromatic rings. The highest BCUT2D eigenvalue weighted by atomic mass is 35.5. The van der Waals surface area contributed by atoms with E-state index in [1.807, 2.05) is 23.1 Å². The van der Waals surface area contributed by atoms with Crippen LogP contribution in [0.15, 0.2) is 54.6 Å². The lowest BCUT2D eigenvalue weighted by molar-refractivity contribution is -0.131. The Morgan fingerprint density at radius 1 is 0.880 bits per heavy atom. The van der Waals surface area contributed by atoms with Gasteiger partial charge in [-0.3, -0.25) is 9.59 Å². The van der Waals surface area contributed by atoms with E-state index in [-0.39, 0.29) is 24.5 Å². The molecule has 1 saturated heterocycles. The lowest BCUT2D eigenvalue weighted by Crippen LogP contribution is -2.48. The van der Waals surface area contributed by atoms with Crippen molar-refractivity contribution in [2.75, 3.05) is 31.1 Å². The lowest BCUT2D eigenvalue weighted by Gasteiger charge is -2.36. The molecule has 1 aliphatic rings. The molecule has 0 unspecified atom stereocenters. The average molecular weight is 357 g/mol. The third-order valence-corrected chi connectivity index (χ3v) is 4.70. The smallest absolute Gasteiger partial charge is 0.223 e. The summed E-state index contributed by atoms with van der Waals surface area (Å²) in [6.45, 7) is 3.02. The zero-order valence-corrected chi connectivity index (χ0v) is 14.8. The summed E-state index contributed by atoms with van der Waals surface area (Å²) < 4.78 is 0. The normalized spacial score (nSPS) is 14.4. The van der Waals surface area contributed by atoms with Crippen LogP contribution < -0.4 is 4.90 Å². The Morgan fingerprint density at radius 3 is 2.28 bits per heavy atom. The van der Waals surface area contributed by atoms with Gasteiger partial charge in [-0.2, -0.15) is 0 Å². The number of amides is 1. The van der Waals surface area contributed by atoms with E-state index in [1.54, 1.807) is 24.3 Å². The largest absolute Gasteiger partial charge is 0.368 e. The van der Waals surface area contributed by atoms with Crippen molar-refractivity contribution < 1.29 is 9.59 Å². The maximum atomic E-state index is 12.4. The Kier molecular flexibility index (Phi) is 5.71. The van der Waals surface area contributed by atoms with Crippen LogP contribution in [0.3, 0.4) is 0 Å². The first-order valence-electron chi connectivity index (χ1n) is 8.50. The topological polar surface area (TPSA) is 40.6 Å². The van der Waals surface area contributed by atoms with Crippen LogP contribution in [0.4, 0.5) is 5.69 Å². The molecule has 5 heteroatoms. The molecule has 0 N–H and O–H groups in total. The van der Waals surface area contributed by atoms with E-state index in [9.17, 15) is 9.59 Å². The summed E-state index contributed by atoms with van der Waals surface area (Å²) in [5.74, 6) is 0.00172. The molecule has 0 radical (unpaired) electrons. The number of hydrogen-bond acceptors (Lipinski definition) is 3. The van der Waals surface area contributed by atoms with Crippen LogP contribution in [0.2, 0.25) is 5.02 Å². The second kappa shape index (κ2) is 8.17. The Labute approximate surface area is 153 Å². The molecule has 0 saturated carbocycles. The molecule has 25 heavy (non-hydrogen) atoms. The van der Waals surface area contributed by atoms with Crippen molar-refractivity contribution in [3.8, 4) is 0 Å². The van der Waals surface area contributed by atoms with Gasteiger partial charge < -0.3 is 9.80 Å². The molecular formula is C20H21ClN2O2. The Morgan fingerprint density at radius 2 is 1.60 bits per heavy atom. The van der Waals surface area contributed by atoms with E-state index in [4.69, 9.17) is 11.6 Å². The summed E-state index contributed by atoms with van der Waals surface area (Å²) in [5.41, 5.74) is 1.75. The van der Waals surface area contributed by atoms with Gasteiger partial charge in [0.2, 0.25) is 5.91 Å². The Bertz CT molecular complexity index is 740. The lowest BCUT2D eigenvalue weighted by atomic mass is 10.1. The highest BCUT2D eigenvalue weighted by Crippen LogP contribution is 2.17. The number of para-hydroxylation sites is 1. The maximum absolute atomic E-state index is 12.4. The minimum Gasteiger partial charge on any atom is -0.368 e. The molecule has 0 atom stereocenters. The number of benzene rings is 2. The van der Waals surface area contributed by atoms with E-state index >= 15 is 0 Å². The second-order valence-electron chi connectivity index (χ2n) is 6.14. The molecule has 1 amide bonds. The summed E-state index contributed by atoms with van der Waals surface area (Å²) >= 11 is 5.91. The predicted octanol–water partition coefficient (Wildman–Crippen LogP) is 3.65. The highest BCUT2D eigenvalue weighted by molar-refractivity contribution is 6.31. The fraction of sp³-hybridized carbons (Fsp3) is 0.300. The van der Waals surface area contributed by atoms with Crippen molar-refractivity contribution in [3.05, 3.63) is 65.2 Å². The van der Waals surface area contributed by atoms with E-state index in [1.165, 1.54) is 5.69 Å². The maximum Gasteiger partial charge on any atom is 0.223 e. The first-order valence-corrected chi connectivity index (χ1v) is 8.88. The number of hydrogen-bond donors (Lipinski definition) is 0. The van der Waals surface area contributed by atoms with E-state index in [2.05, 4.69) is 17.0 Å². The second-order valence-corrected chi connectivity index (χ2v) is 6.57. The molecule has 0 aromatic heterocycles. The van der Waals surface area contributed by atoms with E-state index in [0.29, 0.717) is 23.7 Å². The van der Waals surface area contributed by atoms with Crippen molar-refractivity contribution in [2.24, 2.45) is 0 Å². The predicted molar refractivity (Wildman–Crippen MR) is 100 cm³/mol. The van der Waals surface area contributed by atoms with Gasteiger partial charge in [0.05, 0.1) is 0 Å². The Hall–Kier alpha value is -2.33. The van der Waals surface area contributed by atoms with Gasteiger partial charge in [-0.25, -0.2) is 0 Å². The van der Waals surface area contributed by atoms with Gasteiger partial charge in [-0.05, 0) is 24.3 Å². The number of carbonyl (C=O) groups excluding carboxylic acids is 2. The minimum absolute atomic E-state index is 0.0428. The number of rotatable bonds is 5. The molecular weight excluding hydrogens is 336 g/mol. The molecule has 1 fully saturated rings. The first kappa shape index (κ1) is 17.5. The zero-order chi connectivity index (χ0) is 17.6. The van der Waals surface area contributed by atoms with Crippen molar-refractivity contribution >= 4 is 29.0 Å². The van der Waals surface area contributed by atoms with Crippen LogP contribution in [0.5, 0.6) is 0 Å². The molecule has 0 aliphatic carbocycles. The van der Waals surface area contributed by atoms with Gasteiger partial charge in [-0.15, -0.1) is 0 Å². The SMILES string of the molecule is O=C(CCC(=O)N1CCN(c2ccccc2)CC1)c1cccc(Cl)c1. The van der Waals surface area contributed by atoms with Crippen LogP contribution in [0.25, 0.3) is 0 Å². The van der Waals surface area contributed by atoms with Crippen LogP contribution in [0, 0.1) is 0 Å². The monoisotopic (exact) mass is 356 g/mol. The summed E-state index contributed by atoms with van der Waals surface area (Å²) in [6.07, 6.45) is 0.467. The standard InChI is InChI=1S/C20H21ClN2O2/c21-17-6-4-5-16(15-17)19(24)9-10-20(25)23-13-11-22(12-14-23)18-7-2-1-3-8-18/h1-8,15H,9-14H2. The van der Waals surface area contributed by atoms with Gasteiger partial charge in [-0.1, -0.05) is 41.9 Å². The van der Waals surface area contributed by atoms with Crippen LogP contribution in [0.1, 0.15) is 23.2 Å². The third-order valence-electron chi connectivity index (χ3n) is 4.47. The fourth-order valence-corrected chi connectivity index (χ4v) is 3.23. The molecule has 0 spiro atoms. The molecule has 3 rings (SSSR count). The number of nitrogens with zero attached hydrogens (tertiary/aromatic N) is 2. The van der Waals surface area contributed by atoms with Crippen LogP contribution >= 0.6 is 11.6 Å². The molecule has 0 bridgehead atoms. The summed E-state index contributed by atoms with van der Waals surface area (Å²) in [7, 11) is 0. The van der Waals surface area contributed by atoms with E-state index < -0.39 is 0 Å². The molecule has 4 nitrogen and oxygen atoms in total. The van der Waals surface area contributed by atoms with Crippen LogP contribution in [-0.4, -0.2) is 42.8 Å². The van der Waals surface area contributed by atoms with Crippen molar-refractivity contribution in [2.45, 2.75) is 12.8 Å². The van der Waals surface area contributed by atoms with Crippen molar-refractivity contribution in [1.29, 1.82) is 0 Å². The van der Waals surface area contributed by atoms with Gasteiger partial charge in [0.15, 0.2) is 5.78 Å². The summed E-state index contributed by atoms with van der Waals surface area (Å²) in [5, 5.41) is 0.536. The minimum atomic E-state index is -0.0428. The Balaban J connectivity index is 1.47. The molecule has 130 valence electrons. The van der Waals surface area contributed by atoms with Gasteiger partial charge >= 0.3 is 0 Å². The molecule has 1 heterocycles. The number of piperazine rings is 1. The van der Waals surface area contributed by atoms with Crippen molar-refractivity contribution in [1.82, 2.24) is 4.90 Å². The molecule has 1 aliphatic heterocycles. The van der Waals surface area contributed by atoms with E-state index in [0.717, 1.165) is 13.1 Å². The first-order chi connectivity index (χ1) is 12.1. The fourth-order valence-electron chi connectivity index (χ4n) is 3.04. The summed E-state index contributed by atoms with van der Waals surface area (Å²) in [4.78, 5) is 28.7. The third kappa shape index (κ3) is 4.60. The van der Waals surface area contributed by atoms with Gasteiger partial charge in [0.1, 0.15) is 0 Å². The van der Waals surface area contributed by atoms with Crippen molar-refractivity contribution in [3.63, 3.8) is 0 Å². The average Bonchev–Trinajstić information content (AvgIpc) is 2.66. The number of carbonyl (C=O) groups is 2. The number of anilines is 1. The highest BCUT2D eigenvalue weighted by Gasteiger charge is 2.21.